The standard InChI is InChI=1S/C34H32N4OS/c1-22-13-17-28(18-14-22)39-29-19-15-27(16-20-29)38-33(32(36-34(38)40)30-12-8-9-21-35-30)31-23(2)24(3)37(25(31)4)26-10-6-5-7-11-26/h5-21,32-33H,1-4H3,(H,36,40)/t32-,33-/m1/s1. The Bertz CT molecular complexity index is 1650. The lowest BCUT2D eigenvalue weighted by atomic mass is 9.93. The molecular formula is C34H32N4OS. The Kier molecular flexibility index (Phi) is 6.86. The number of nitrogens with one attached hydrogen (secondary N) is 1. The first kappa shape index (κ1) is 25.8. The van der Waals surface area contributed by atoms with Gasteiger partial charge in [-0.15, -0.1) is 0 Å². The van der Waals surface area contributed by atoms with Crippen LogP contribution in [0.25, 0.3) is 5.69 Å². The Morgan fingerprint density at radius 3 is 2.02 bits per heavy atom. The molecule has 1 aliphatic rings. The van der Waals surface area contributed by atoms with Gasteiger partial charge in [0.1, 0.15) is 11.5 Å². The first-order valence-corrected chi connectivity index (χ1v) is 13.9. The number of benzene rings is 3. The third-order valence-electron chi connectivity index (χ3n) is 7.79. The molecule has 200 valence electrons. The van der Waals surface area contributed by atoms with Crippen molar-refractivity contribution in [3.63, 3.8) is 0 Å². The van der Waals surface area contributed by atoms with Crippen molar-refractivity contribution in [2.24, 2.45) is 0 Å². The van der Waals surface area contributed by atoms with Crippen LogP contribution in [0, 0.1) is 27.7 Å². The molecule has 6 rings (SSSR count). The van der Waals surface area contributed by atoms with Gasteiger partial charge in [-0.25, -0.2) is 0 Å². The van der Waals surface area contributed by atoms with Crippen molar-refractivity contribution in [3.05, 3.63) is 137 Å². The Balaban J connectivity index is 1.43. The highest BCUT2D eigenvalue weighted by Crippen LogP contribution is 2.45. The van der Waals surface area contributed by atoms with Crippen LogP contribution in [-0.2, 0) is 0 Å². The summed E-state index contributed by atoms with van der Waals surface area (Å²) in [6.45, 7) is 8.68. The van der Waals surface area contributed by atoms with E-state index in [0.29, 0.717) is 5.11 Å². The van der Waals surface area contributed by atoms with Crippen LogP contribution in [0.3, 0.4) is 0 Å². The third-order valence-corrected chi connectivity index (χ3v) is 8.10. The second kappa shape index (κ2) is 10.6. The summed E-state index contributed by atoms with van der Waals surface area (Å²) in [6, 6.07) is 32.6. The molecule has 40 heavy (non-hydrogen) atoms. The van der Waals surface area contributed by atoms with E-state index < -0.39 is 0 Å². The predicted molar refractivity (Wildman–Crippen MR) is 166 cm³/mol. The van der Waals surface area contributed by atoms with Gasteiger partial charge >= 0.3 is 0 Å². The minimum Gasteiger partial charge on any atom is -0.457 e. The number of aryl methyl sites for hydroxylation is 1. The summed E-state index contributed by atoms with van der Waals surface area (Å²) < 4.78 is 8.45. The summed E-state index contributed by atoms with van der Waals surface area (Å²) in [5.74, 6) is 1.59. The van der Waals surface area contributed by atoms with E-state index in [9.17, 15) is 0 Å². The molecule has 0 aliphatic carbocycles. The summed E-state index contributed by atoms with van der Waals surface area (Å²) in [5.41, 5.74) is 9.24. The highest BCUT2D eigenvalue weighted by Gasteiger charge is 2.43. The van der Waals surface area contributed by atoms with Crippen LogP contribution in [-0.4, -0.2) is 14.7 Å². The molecule has 6 heteroatoms. The van der Waals surface area contributed by atoms with Crippen LogP contribution in [0.15, 0.2) is 103 Å². The minimum absolute atomic E-state index is 0.0880. The second-order valence-electron chi connectivity index (χ2n) is 10.3. The summed E-state index contributed by atoms with van der Waals surface area (Å²) in [7, 11) is 0. The summed E-state index contributed by atoms with van der Waals surface area (Å²) in [6.07, 6.45) is 1.84. The summed E-state index contributed by atoms with van der Waals surface area (Å²) >= 11 is 6.00. The predicted octanol–water partition coefficient (Wildman–Crippen LogP) is 8.08. The molecule has 0 amide bonds. The number of hydrogen-bond donors (Lipinski definition) is 1. The first-order chi connectivity index (χ1) is 19.4. The van der Waals surface area contributed by atoms with E-state index in [1.807, 2.05) is 42.6 Å². The van der Waals surface area contributed by atoms with Crippen molar-refractivity contribution in [2.75, 3.05) is 4.90 Å². The van der Waals surface area contributed by atoms with Gasteiger partial charge in [-0.1, -0.05) is 42.0 Å². The van der Waals surface area contributed by atoms with Crippen LogP contribution >= 0.6 is 12.2 Å². The van der Waals surface area contributed by atoms with E-state index in [2.05, 4.69) is 103 Å². The van der Waals surface area contributed by atoms with Crippen LogP contribution in [0.1, 0.15) is 45.9 Å². The van der Waals surface area contributed by atoms with Crippen molar-refractivity contribution in [2.45, 2.75) is 39.8 Å². The minimum atomic E-state index is -0.111. The zero-order valence-corrected chi connectivity index (χ0v) is 23.9. The lowest BCUT2D eigenvalue weighted by Crippen LogP contribution is -2.29. The highest BCUT2D eigenvalue weighted by atomic mass is 32.1. The Morgan fingerprint density at radius 2 is 1.38 bits per heavy atom. The number of rotatable bonds is 6. The molecule has 0 unspecified atom stereocenters. The Morgan fingerprint density at radius 1 is 0.725 bits per heavy atom. The van der Waals surface area contributed by atoms with Gasteiger partial charge in [-0.05, 0) is 106 Å². The number of anilines is 1. The van der Waals surface area contributed by atoms with Crippen molar-refractivity contribution in [3.8, 4) is 17.2 Å². The maximum Gasteiger partial charge on any atom is 0.174 e. The molecule has 5 nitrogen and oxygen atoms in total. The maximum absolute atomic E-state index is 6.11. The van der Waals surface area contributed by atoms with Gasteiger partial charge in [-0.2, -0.15) is 0 Å². The van der Waals surface area contributed by atoms with Crippen molar-refractivity contribution in [1.82, 2.24) is 14.9 Å². The van der Waals surface area contributed by atoms with Crippen molar-refractivity contribution in [1.29, 1.82) is 0 Å². The zero-order valence-electron chi connectivity index (χ0n) is 23.1. The van der Waals surface area contributed by atoms with Crippen LogP contribution < -0.4 is 15.0 Å². The number of nitrogens with zero attached hydrogens (tertiary/aromatic N) is 3. The fourth-order valence-corrected chi connectivity index (χ4v) is 6.10. The number of para-hydroxylation sites is 1. The molecule has 3 aromatic carbocycles. The van der Waals surface area contributed by atoms with E-state index in [-0.39, 0.29) is 12.1 Å². The van der Waals surface area contributed by atoms with Gasteiger partial charge in [0.15, 0.2) is 5.11 Å². The first-order valence-electron chi connectivity index (χ1n) is 13.5. The molecule has 3 heterocycles. The van der Waals surface area contributed by atoms with Crippen LogP contribution in [0.2, 0.25) is 0 Å². The topological polar surface area (TPSA) is 42.3 Å². The van der Waals surface area contributed by atoms with Gasteiger partial charge in [0.2, 0.25) is 0 Å². The lowest BCUT2D eigenvalue weighted by molar-refractivity contribution is 0.482. The van der Waals surface area contributed by atoms with E-state index >= 15 is 0 Å². The summed E-state index contributed by atoms with van der Waals surface area (Å²) in [5, 5.41) is 4.28. The molecule has 0 spiro atoms. The molecule has 2 aromatic heterocycles. The number of pyridine rings is 1. The molecule has 1 aliphatic heterocycles. The SMILES string of the molecule is Cc1ccc(Oc2ccc(N3C(=S)N[C@H](c4ccccn4)[C@H]3c3c(C)c(C)n(-c4ccccc4)c3C)cc2)cc1. The van der Waals surface area contributed by atoms with E-state index in [1.165, 1.54) is 28.1 Å². The number of ether oxygens (including phenoxy) is 1. The molecule has 2 atom stereocenters. The fourth-order valence-electron chi connectivity index (χ4n) is 5.75. The van der Waals surface area contributed by atoms with Gasteiger partial charge in [-0.3, -0.25) is 4.98 Å². The van der Waals surface area contributed by atoms with E-state index in [4.69, 9.17) is 21.9 Å². The van der Waals surface area contributed by atoms with Crippen molar-refractivity contribution < 1.29 is 4.74 Å². The molecule has 0 radical (unpaired) electrons. The van der Waals surface area contributed by atoms with Crippen LogP contribution in [0.4, 0.5) is 5.69 Å². The van der Waals surface area contributed by atoms with Crippen molar-refractivity contribution >= 4 is 23.0 Å². The fraction of sp³-hybridized carbons (Fsp3) is 0.176. The normalized spacial score (nSPS) is 16.7. The molecule has 5 aromatic rings. The van der Waals surface area contributed by atoms with Crippen LogP contribution in [0.5, 0.6) is 11.5 Å². The third kappa shape index (κ3) is 4.65. The number of thiocarbonyl (C=S) groups is 1. The van der Waals surface area contributed by atoms with Gasteiger partial charge in [0.25, 0.3) is 0 Å². The molecule has 0 bridgehead atoms. The monoisotopic (exact) mass is 544 g/mol. The van der Waals surface area contributed by atoms with Gasteiger partial charge < -0.3 is 19.5 Å². The maximum atomic E-state index is 6.11. The largest absolute Gasteiger partial charge is 0.457 e. The molecule has 1 fully saturated rings. The van der Waals surface area contributed by atoms with E-state index in [0.717, 1.165) is 28.6 Å². The van der Waals surface area contributed by atoms with E-state index in [1.54, 1.807) is 0 Å². The lowest BCUT2D eigenvalue weighted by Gasteiger charge is -2.29. The smallest absolute Gasteiger partial charge is 0.174 e. The number of aromatic nitrogens is 2. The highest BCUT2D eigenvalue weighted by molar-refractivity contribution is 7.80. The van der Waals surface area contributed by atoms with Gasteiger partial charge in [0, 0.05) is 34.5 Å². The van der Waals surface area contributed by atoms with Gasteiger partial charge in [0.05, 0.1) is 17.8 Å². The molecule has 1 N–H and O–H groups in total. The Labute approximate surface area is 241 Å². The second-order valence-corrected chi connectivity index (χ2v) is 10.7. The average Bonchev–Trinajstić information content (AvgIpc) is 3.42. The quantitative estimate of drug-likeness (QED) is 0.219. The molecule has 0 saturated carbocycles. The molecular weight excluding hydrogens is 512 g/mol. The average molecular weight is 545 g/mol. The molecule has 1 saturated heterocycles. The summed E-state index contributed by atoms with van der Waals surface area (Å²) in [4.78, 5) is 6.97. The number of hydrogen-bond acceptors (Lipinski definition) is 3. The zero-order chi connectivity index (χ0) is 27.8. The Hall–Kier alpha value is -4.42.